The van der Waals surface area contributed by atoms with Crippen molar-refractivity contribution in [1.29, 1.82) is 0 Å². The van der Waals surface area contributed by atoms with Gasteiger partial charge in [-0.1, -0.05) is 30.1 Å². The maximum Gasteiger partial charge on any atom is 0.242 e. The molecule has 4 nitrogen and oxygen atoms in total. The lowest BCUT2D eigenvalue weighted by molar-refractivity contribution is 0.414. The Morgan fingerprint density at radius 3 is 2.44 bits per heavy atom. The van der Waals surface area contributed by atoms with Gasteiger partial charge in [-0.15, -0.1) is 0 Å². The third-order valence-corrected chi connectivity index (χ3v) is 5.10. The van der Waals surface area contributed by atoms with Crippen LogP contribution in [0, 0.1) is 0 Å². The highest BCUT2D eigenvalue weighted by molar-refractivity contribution is 7.89. The SMILES string of the molecule is CC[C@@H](C)NS(=O)(=O)c1ccc(OC)c(Cl)c1Cl. The molecule has 0 aliphatic carbocycles. The zero-order valence-electron chi connectivity index (χ0n) is 10.3. The second-order valence-corrected chi connectivity index (χ2v) is 6.26. The Bertz CT molecular complexity index is 531. The summed E-state index contributed by atoms with van der Waals surface area (Å²) in [5.74, 6) is 0.337. The average molecular weight is 312 g/mol. The molecule has 0 saturated carbocycles. The fraction of sp³-hybridized carbons (Fsp3) is 0.455. The smallest absolute Gasteiger partial charge is 0.242 e. The Kier molecular flexibility index (Phi) is 5.28. The van der Waals surface area contributed by atoms with E-state index < -0.39 is 10.0 Å². The van der Waals surface area contributed by atoms with E-state index in [0.717, 1.165) is 0 Å². The van der Waals surface area contributed by atoms with Crippen molar-refractivity contribution in [2.45, 2.75) is 31.2 Å². The molecule has 0 fully saturated rings. The predicted molar refractivity (Wildman–Crippen MR) is 73.1 cm³/mol. The highest BCUT2D eigenvalue weighted by Crippen LogP contribution is 2.36. The van der Waals surface area contributed by atoms with E-state index in [1.807, 2.05) is 6.92 Å². The van der Waals surface area contributed by atoms with E-state index in [4.69, 9.17) is 27.9 Å². The van der Waals surface area contributed by atoms with Crippen LogP contribution in [0.3, 0.4) is 0 Å². The fourth-order valence-corrected chi connectivity index (χ4v) is 3.46. The molecule has 0 aromatic heterocycles. The second-order valence-electron chi connectivity index (χ2n) is 3.82. The molecule has 0 heterocycles. The lowest BCUT2D eigenvalue weighted by Gasteiger charge is -2.14. The molecule has 0 unspecified atom stereocenters. The lowest BCUT2D eigenvalue weighted by Crippen LogP contribution is -2.32. The topological polar surface area (TPSA) is 55.4 Å². The van der Waals surface area contributed by atoms with Crippen molar-refractivity contribution < 1.29 is 13.2 Å². The van der Waals surface area contributed by atoms with Crippen molar-refractivity contribution in [3.8, 4) is 5.75 Å². The first-order chi connectivity index (χ1) is 8.33. The minimum atomic E-state index is -3.67. The van der Waals surface area contributed by atoms with Crippen LogP contribution in [0.5, 0.6) is 5.75 Å². The normalized spacial score (nSPS) is 13.4. The molecule has 1 aromatic carbocycles. The highest BCUT2D eigenvalue weighted by atomic mass is 35.5. The quantitative estimate of drug-likeness (QED) is 0.909. The Hall–Kier alpha value is -0.490. The molecule has 0 saturated heterocycles. The molecule has 1 N–H and O–H groups in total. The molecule has 0 radical (unpaired) electrons. The van der Waals surface area contributed by atoms with E-state index >= 15 is 0 Å². The summed E-state index contributed by atoms with van der Waals surface area (Å²) in [6, 6.07) is 2.67. The molecule has 1 aromatic rings. The molecule has 1 rings (SSSR count). The molecule has 0 aliphatic heterocycles. The van der Waals surface area contributed by atoms with E-state index in [0.29, 0.717) is 12.2 Å². The van der Waals surface area contributed by atoms with E-state index in [-0.39, 0.29) is 21.0 Å². The van der Waals surface area contributed by atoms with Gasteiger partial charge in [0.05, 0.1) is 12.1 Å². The molecule has 0 bridgehead atoms. The van der Waals surface area contributed by atoms with Crippen LogP contribution < -0.4 is 9.46 Å². The minimum absolute atomic E-state index is 0.0354. The number of hydrogen-bond donors (Lipinski definition) is 1. The summed E-state index contributed by atoms with van der Waals surface area (Å²) in [6.07, 6.45) is 0.681. The molecule has 7 heteroatoms. The molecular formula is C11H15Cl2NO3S. The van der Waals surface area contributed by atoms with Gasteiger partial charge in [-0.2, -0.15) is 0 Å². The van der Waals surface area contributed by atoms with Crippen LogP contribution >= 0.6 is 23.2 Å². The van der Waals surface area contributed by atoms with Crippen LogP contribution in [0.4, 0.5) is 0 Å². The van der Waals surface area contributed by atoms with Gasteiger partial charge in [0, 0.05) is 6.04 Å². The van der Waals surface area contributed by atoms with Gasteiger partial charge >= 0.3 is 0 Å². The van der Waals surface area contributed by atoms with Gasteiger partial charge in [-0.05, 0) is 25.5 Å². The Morgan fingerprint density at radius 1 is 1.33 bits per heavy atom. The van der Waals surface area contributed by atoms with Crippen molar-refractivity contribution in [1.82, 2.24) is 4.72 Å². The number of sulfonamides is 1. The van der Waals surface area contributed by atoms with Gasteiger partial charge in [-0.3, -0.25) is 0 Å². The van der Waals surface area contributed by atoms with Crippen molar-refractivity contribution >= 4 is 33.2 Å². The summed E-state index contributed by atoms with van der Waals surface area (Å²) in [7, 11) is -2.24. The van der Waals surface area contributed by atoms with Crippen molar-refractivity contribution in [2.24, 2.45) is 0 Å². The Labute approximate surface area is 117 Å². The summed E-state index contributed by atoms with van der Waals surface area (Å²) in [6.45, 7) is 3.66. The second kappa shape index (κ2) is 6.10. The van der Waals surface area contributed by atoms with Crippen molar-refractivity contribution in [3.05, 3.63) is 22.2 Å². The first kappa shape index (κ1) is 15.6. The average Bonchev–Trinajstić information content (AvgIpc) is 2.31. The maximum absolute atomic E-state index is 12.1. The van der Waals surface area contributed by atoms with Gasteiger partial charge in [0.25, 0.3) is 0 Å². The standard InChI is InChI=1S/C11H15Cl2NO3S/c1-4-7(2)14-18(15,16)9-6-5-8(17-3)10(12)11(9)13/h5-7,14H,4H2,1-3H3/t7-/m1/s1. The zero-order valence-corrected chi connectivity index (χ0v) is 12.7. The molecule has 1 atom stereocenters. The Morgan fingerprint density at radius 2 is 1.94 bits per heavy atom. The minimum Gasteiger partial charge on any atom is -0.495 e. The summed E-state index contributed by atoms with van der Waals surface area (Å²) >= 11 is 11.9. The third-order valence-electron chi connectivity index (χ3n) is 2.49. The number of rotatable bonds is 5. The number of ether oxygens (including phenoxy) is 1. The van der Waals surface area contributed by atoms with Gasteiger partial charge in [0.2, 0.25) is 10.0 Å². The number of halogens is 2. The van der Waals surface area contributed by atoms with E-state index in [1.165, 1.54) is 19.2 Å². The number of hydrogen-bond acceptors (Lipinski definition) is 3. The van der Waals surface area contributed by atoms with Gasteiger partial charge in [0.1, 0.15) is 15.7 Å². The van der Waals surface area contributed by atoms with E-state index in [9.17, 15) is 8.42 Å². The van der Waals surface area contributed by atoms with Gasteiger partial charge < -0.3 is 4.74 Å². The molecule has 18 heavy (non-hydrogen) atoms. The third kappa shape index (κ3) is 3.29. The monoisotopic (exact) mass is 311 g/mol. The largest absolute Gasteiger partial charge is 0.495 e. The van der Waals surface area contributed by atoms with Crippen LogP contribution in [0.1, 0.15) is 20.3 Å². The first-order valence-electron chi connectivity index (χ1n) is 5.37. The summed E-state index contributed by atoms with van der Waals surface area (Å²) < 4.78 is 31.6. The Balaban J connectivity index is 3.22. The summed E-state index contributed by atoms with van der Waals surface area (Å²) in [4.78, 5) is -0.0460. The van der Waals surface area contributed by atoms with E-state index in [2.05, 4.69) is 4.72 Å². The molecule has 102 valence electrons. The molecular weight excluding hydrogens is 297 g/mol. The summed E-state index contributed by atoms with van der Waals surface area (Å²) in [5.41, 5.74) is 0. The zero-order chi connectivity index (χ0) is 13.9. The first-order valence-corrected chi connectivity index (χ1v) is 7.61. The van der Waals surface area contributed by atoms with Crippen molar-refractivity contribution in [2.75, 3.05) is 7.11 Å². The number of benzene rings is 1. The van der Waals surface area contributed by atoms with Crippen LogP contribution in [-0.2, 0) is 10.0 Å². The van der Waals surface area contributed by atoms with Gasteiger partial charge in [-0.25, -0.2) is 13.1 Å². The predicted octanol–water partition coefficient (Wildman–Crippen LogP) is 3.08. The van der Waals surface area contributed by atoms with Crippen molar-refractivity contribution in [3.63, 3.8) is 0 Å². The molecule has 0 amide bonds. The molecule has 0 aliphatic rings. The summed E-state index contributed by atoms with van der Waals surface area (Å²) in [5, 5.41) is 0.0537. The van der Waals surface area contributed by atoms with Crippen LogP contribution in [-0.4, -0.2) is 21.6 Å². The van der Waals surface area contributed by atoms with Crippen LogP contribution in [0.15, 0.2) is 17.0 Å². The van der Waals surface area contributed by atoms with E-state index in [1.54, 1.807) is 6.92 Å². The molecule has 0 spiro atoms. The van der Waals surface area contributed by atoms with Gasteiger partial charge in [0.15, 0.2) is 0 Å². The number of methoxy groups -OCH3 is 1. The highest BCUT2D eigenvalue weighted by Gasteiger charge is 2.22. The fourth-order valence-electron chi connectivity index (χ4n) is 1.29. The van der Waals surface area contributed by atoms with Crippen LogP contribution in [0.25, 0.3) is 0 Å². The number of nitrogens with one attached hydrogen (secondary N) is 1. The lowest BCUT2D eigenvalue weighted by atomic mass is 10.3. The maximum atomic E-state index is 12.1. The van der Waals surface area contributed by atoms with Crippen LogP contribution in [0.2, 0.25) is 10.0 Å².